The van der Waals surface area contributed by atoms with Crippen molar-refractivity contribution < 1.29 is 32.9 Å². The first kappa shape index (κ1) is 25.1. The van der Waals surface area contributed by atoms with E-state index in [0.29, 0.717) is 31.9 Å². The predicted molar refractivity (Wildman–Crippen MR) is 125 cm³/mol. The number of nitrogen functional groups attached to an aromatic ring is 1. The van der Waals surface area contributed by atoms with Gasteiger partial charge in [0.05, 0.1) is 31.6 Å². The van der Waals surface area contributed by atoms with Crippen LogP contribution in [0.2, 0.25) is 0 Å². The molecule has 11 nitrogen and oxygen atoms in total. The van der Waals surface area contributed by atoms with Crippen LogP contribution < -0.4 is 15.5 Å². The molecule has 0 aliphatic carbocycles. The first-order valence-corrected chi connectivity index (χ1v) is 11.5. The van der Waals surface area contributed by atoms with Crippen molar-refractivity contribution in [3.63, 3.8) is 0 Å². The van der Waals surface area contributed by atoms with Crippen molar-refractivity contribution in [3.05, 3.63) is 53.9 Å². The van der Waals surface area contributed by atoms with E-state index in [9.17, 15) is 23.4 Å². The molecule has 4 heterocycles. The average Bonchev–Trinajstić information content (AvgIpc) is 3.25. The van der Waals surface area contributed by atoms with Crippen molar-refractivity contribution in [2.75, 3.05) is 48.4 Å². The Bertz CT molecular complexity index is 1240. The fraction of sp³-hybridized carbons (Fsp3) is 0.391. The standard InChI is InChI=1S/C23H24F3N7O4/c24-23(25,26)19-14(11-28-20(27)31-19)15-10-17(30-21(29-15)32-6-8-36-9-7-32)33-16(12-34)18(37-22(33)35)13-4-2-1-3-5-13/h1-5,10-11,16,18,22,34-35H,6-9,12H2,(H2,27,28,31)/t16-,18-,22?/m0/s1. The van der Waals surface area contributed by atoms with Gasteiger partial charge >= 0.3 is 6.18 Å². The number of nitrogens with two attached hydrogens (primary N) is 1. The van der Waals surface area contributed by atoms with Crippen molar-refractivity contribution in [3.8, 4) is 11.3 Å². The van der Waals surface area contributed by atoms with E-state index in [1.165, 1.54) is 11.0 Å². The summed E-state index contributed by atoms with van der Waals surface area (Å²) in [5.74, 6) is -0.359. The highest BCUT2D eigenvalue weighted by Crippen LogP contribution is 2.40. The van der Waals surface area contributed by atoms with Crippen LogP contribution in [0.25, 0.3) is 11.3 Å². The summed E-state index contributed by atoms with van der Waals surface area (Å²) >= 11 is 0. The third kappa shape index (κ3) is 5.00. The molecular formula is C23H24F3N7O4. The van der Waals surface area contributed by atoms with Crippen LogP contribution in [-0.4, -0.2) is 75.5 Å². The van der Waals surface area contributed by atoms with Crippen molar-refractivity contribution in [1.82, 2.24) is 19.9 Å². The Hall–Kier alpha value is -3.59. The smallest absolute Gasteiger partial charge is 0.394 e. The Kier molecular flexibility index (Phi) is 6.81. The Morgan fingerprint density at radius 2 is 1.81 bits per heavy atom. The predicted octanol–water partition coefficient (Wildman–Crippen LogP) is 1.59. The van der Waals surface area contributed by atoms with Gasteiger partial charge in [-0.2, -0.15) is 18.2 Å². The molecule has 14 heteroatoms. The van der Waals surface area contributed by atoms with E-state index < -0.39 is 48.5 Å². The summed E-state index contributed by atoms with van der Waals surface area (Å²) in [5.41, 5.74) is 4.35. The van der Waals surface area contributed by atoms with Crippen LogP contribution in [0.15, 0.2) is 42.6 Å². The van der Waals surface area contributed by atoms with Gasteiger partial charge in [0.1, 0.15) is 11.9 Å². The van der Waals surface area contributed by atoms with E-state index in [0.717, 1.165) is 6.20 Å². The third-order valence-electron chi connectivity index (χ3n) is 6.14. The summed E-state index contributed by atoms with van der Waals surface area (Å²) in [7, 11) is 0. The van der Waals surface area contributed by atoms with Crippen LogP contribution in [0.4, 0.5) is 30.9 Å². The number of ether oxygens (including phenoxy) is 2. The highest BCUT2D eigenvalue weighted by atomic mass is 19.4. The van der Waals surface area contributed by atoms with Crippen molar-refractivity contribution in [2.45, 2.75) is 24.7 Å². The zero-order valence-corrected chi connectivity index (χ0v) is 19.4. The fourth-order valence-electron chi connectivity index (χ4n) is 4.40. The number of aliphatic hydroxyl groups excluding tert-OH is 2. The number of aliphatic hydroxyl groups is 2. The molecule has 2 aliphatic rings. The summed E-state index contributed by atoms with van der Waals surface area (Å²) in [6.07, 6.45) is -6.14. The number of alkyl halides is 3. The molecule has 2 saturated heterocycles. The van der Waals surface area contributed by atoms with Crippen molar-refractivity contribution in [2.24, 2.45) is 0 Å². The molecule has 0 radical (unpaired) electrons. The zero-order chi connectivity index (χ0) is 26.2. The van der Waals surface area contributed by atoms with Gasteiger partial charge in [0.15, 0.2) is 5.69 Å². The van der Waals surface area contributed by atoms with Gasteiger partial charge in [0, 0.05) is 30.9 Å². The van der Waals surface area contributed by atoms with Crippen LogP contribution in [0.1, 0.15) is 17.4 Å². The van der Waals surface area contributed by atoms with E-state index in [2.05, 4.69) is 19.9 Å². The number of morpholine rings is 1. The third-order valence-corrected chi connectivity index (χ3v) is 6.14. The Morgan fingerprint density at radius 3 is 2.49 bits per heavy atom. The molecule has 2 aromatic heterocycles. The highest BCUT2D eigenvalue weighted by molar-refractivity contribution is 5.68. The van der Waals surface area contributed by atoms with Crippen LogP contribution >= 0.6 is 0 Å². The summed E-state index contributed by atoms with van der Waals surface area (Å²) < 4.78 is 52.7. The van der Waals surface area contributed by atoms with Crippen molar-refractivity contribution >= 4 is 17.7 Å². The highest BCUT2D eigenvalue weighted by Gasteiger charge is 2.44. The van der Waals surface area contributed by atoms with Gasteiger partial charge in [-0.3, -0.25) is 4.90 Å². The molecule has 4 N–H and O–H groups in total. The maximum absolute atomic E-state index is 13.9. The second kappa shape index (κ2) is 10.0. The number of rotatable bonds is 5. The first-order valence-electron chi connectivity index (χ1n) is 11.5. The van der Waals surface area contributed by atoms with Crippen LogP contribution in [0.5, 0.6) is 0 Å². The number of halogens is 3. The number of nitrogens with zero attached hydrogens (tertiary/aromatic N) is 6. The van der Waals surface area contributed by atoms with E-state index >= 15 is 0 Å². The minimum atomic E-state index is -4.83. The van der Waals surface area contributed by atoms with Crippen molar-refractivity contribution in [1.29, 1.82) is 0 Å². The number of hydrogen-bond donors (Lipinski definition) is 3. The van der Waals surface area contributed by atoms with E-state index in [1.54, 1.807) is 29.2 Å². The maximum Gasteiger partial charge on any atom is 0.434 e. The topological polar surface area (TPSA) is 143 Å². The van der Waals surface area contributed by atoms with Crippen LogP contribution in [-0.2, 0) is 15.7 Å². The lowest BCUT2D eigenvalue weighted by Crippen LogP contribution is -2.41. The zero-order valence-electron chi connectivity index (χ0n) is 19.4. The molecule has 5 rings (SSSR count). The lowest BCUT2D eigenvalue weighted by Gasteiger charge is -2.30. The van der Waals surface area contributed by atoms with Gasteiger partial charge in [-0.25, -0.2) is 15.0 Å². The number of hydrogen-bond acceptors (Lipinski definition) is 11. The summed E-state index contributed by atoms with van der Waals surface area (Å²) in [6, 6.07) is 9.46. The second-order valence-corrected chi connectivity index (χ2v) is 8.45. The normalized spacial score (nSPS) is 22.5. The molecule has 1 unspecified atom stereocenters. The Labute approximate surface area is 209 Å². The minimum Gasteiger partial charge on any atom is -0.394 e. The number of benzene rings is 1. The molecule has 2 fully saturated rings. The van der Waals surface area contributed by atoms with Crippen LogP contribution in [0.3, 0.4) is 0 Å². The fourth-order valence-corrected chi connectivity index (χ4v) is 4.40. The summed E-state index contributed by atoms with van der Waals surface area (Å²) in [5, 5.41) is 21.1. The Balaban J connectivity index is 1.63. The summed E-state index contributed by atoms with van der Waals surface area (Å²) in [6.45, 7) is 1.14. The summed E-state index contributed by atoms with van der Waals surface area (Å²) in [4.78, 5) is 19.1. The maximum atomic E-state index is 13.9. The van der Waals surface area contributed by atoms with Gasteiger partial charge in [-0.15, -0.1) is 0 Å². The van der Waals surface area contributed by atoms with E-state index in [4.69, 9.17) is 15.2 Å². The Morgan fingerprint density at radius 1 is 1.08 bits per heavy atom. The lowest BCUT2D eigenvalue weighted by molar-refractivity contribution is -0.140. The quantitative estimate of drug-likeness (QED) is 0.452. The largest absolute Gasteiger partial charge is 0.434 e. The molecule has 3 aromatic rings. The second-order valence-electron chi connectivity index (χ2n) is 8.45. The van der Waals surface area contributed by atoms with Gasteiger partial charge < -0.3 is 30.3 Å². The van der Waals surface area contributed by atoms with Gasteiger partial charge in [0.25, 0.3) is 0 Å². The molecule has 0 amide bonds. The van der Waals surface area contributed by atoms with E-state index in [-0.39, 0.29) is 17.5 Å². The molecule has 2 aliphatic heterocycles. The molecular weight excluding hydrogens is 495 g/mol. The molecule has 1 aromatic carbocycles. The van der Waals surface area contributed by atoms with E-state index in [1.807, 2.05) is 6.07 Å². The lowest BCUT2D eigenvalue weighted by atomic mass is 10.0. The molecule has 0 bridgehead atoms. The number of aromatic nitrogens is 4. The molecule has 0 saturated carbocycles. The first-order chi connectivity index (χ1) is 17.8. The molecule has 37 heavy (non-hydrogen) atoms. The molecule has 196 valence electrons. The molecule has 3 atom stereocenters. The molecule has 0 spiro atoms. The SMILES string of the molecule is Nc1ncc(-c2cc(N3C(O)O[C@@H](c4ccccc4)[C@@H]3CO)nc(N3CCOCC3)n2)c(C(F)(F)F)n1. The van der Waals surface area contributed by atoms with Gasteiger partial charge in [0.2, 0.25) is 18.3 Å². The van der Waals surface area contributed by atoms with Crippen LogP contribution in [0, 0.1) is 0 Å². The minimum absolute atomic E-state index is 0.0569. The average molecular weight is 519 g/mol. The van der Waals surface area contributed by atoms with Gasteiger partial charge in [-0.05, 0) is 5.56 Å². The number of anilines is 3. The van der Waals surface area contributed by atoms with Gasteiger partial charge in [-0.1, -0.05) is 30.3 Å². The monoisotopic (exact) mass is 519 g/mol.